The number of rotatable bonds is 5. The molecule has 0 atom stereocenters. The Bertz CT molecular complexity index is 1010. The third-order valence-electron chi connectivity index (χ3n) is 4.12. The molecule has 1 amide bonds. The third kappa shape index (κ3) is 4.56. The zero-order chi connectivity index (χ0) is 21.2. The number of ether oxygens (including phenoxy) is 1. The fraction of sp³-hybridized carbons (Fsp3) is 0.250. The summed E-state index contributed by atoms with van der Waals surface area (Å²) in [6, 6.07) is 11.6. The Morgan fingerprint density at radius 2 is 1.83 bits per heavy atom. The molecule has 0 aliphatic heterocycles. The molecule has 0 aliphatic carbocycles. The molecule has 0 aliphatic rings. The summed E-state index contributed by atoms with van der Waals surface area (Å²) in [6.07, 6.45) is -4.42. The maximum absolute atomic E-state index is 12.8. The van der Waals surface area contributed by atoms with E-state index in [1.54, 1.807) is 38.1 Å². The van der Waals surface area contributed by atoms with E-state index in [0.29, 0.717) is 22.8 Å². The molecule has 152 valence electrons. The van der Waals surface area contributed by atoms with Gasteiger partial charge in [-0.25, -0.2) is 4.68 Å². The fourth-order valence-electron chi connectivity index (χ4n) is 2.56. The van der Waals surface area contributed by atoms with Gasteiger partial charge in [0, 0.05) is 17.2 Å². The summed E-state index contributed by atoms with van der Waals surface area (Å²) in [4.78, 5) is 16.2. The fourth-order valence-corrected chi connectivity index (χ4v) is 2.56. The average molecular weight is 404 g/mol. The van der Waals surface area contributed by atoms with Crippen molar-refractivity contribution < 1.29 is 22.7 Å². The minimum absolute atomic E-state index is 0.0662. The molecule has 1 heterocycles. The van der Waals surface area contributed by atoms with E-state index in [9.17, 15) is 18.0 Å². The first-order chi connectivity index (χ1) is 13.7. The lowest BCUT2D eigenvalue weighted by molar-refractivity contribution is -0.137. The first-order valence-electron chi connectivity index (χ1n) is 8.79. The van der Waals surface area contributed by atoms with Crippen molar-refractivity contribution in [3.05, 3.63) is 54.1 Å². The highest BCUT2D eigenvalue weighted by atomic mass is 19.4. The highest BCUT2D eigenvalue weighted by molar-refractivity contribution is 5.92. The molecule has 0 fully saturated rings. The van der Waals surface area contributed by atoms with Gasteiger partial charge >= 0.3 is 12.2 Å². The Balaban J connectivity index is 2.01. The van der Waals surface area contributed by atoms with Crippen molar-refractivity contribution in [3.63, 3.8) is 0 Å². The first kappa shape index (κ1) is 20.4. The smallest absolute Gasteiger partial charge is 0.416 e. The van der Waals surface area contributed by atoms with Gasteiger partial charge in [0.2, 0.25) is 5.91 Å². The van der Waals surface area contributed by atoms with E-state index in [4.69, 9.17) is 4.74 Å². The van der Waals surface area contributed by atoms with Crippen LogP contribution in [0.25, 0.3) is 17.1 Å². The molecular formula is C20H19F3N4O2. The number of aromatic nitrogens is 3. The summed E-state index contributed by atoms with van der Waals surface area (Å²) in [6.45, 7) is 3.56. The maximum atomic E-state index is 12.8. The second-order valence-electron chi connectivity index (χ2n) is 6.60. The maximum Gasteiger partial charge on any atom is 0.416 e. The predicted molar refractivity (Wildman–Crippen MR) is 102 cm³/mol. The van der Waals surface area contributed by atoms with E-state index in [-0.39, 0.29) is 17.8 Å². The van der Waals surface area contributed by atoms with Crippen LogP contribution in [0.3, 0.4) is 0 Å². The molecule has 0 radical (unpaired) electrons. The molecule has 0 unspecified atom stereocenters. The zero-order valence-electron chi connectivity index (χ0n) is 16.0. The summed E-state index contributed by atoms with van der Waals surface area (Å²) in [5.74, 6) is -0.0166. The number of carbonyl (C=O) groups is 1. The lowest BCUT2D eigenvalue weighted by Gasteiger charge is -2.11. The minimum atomic E-state index is -4.42. The van der Waals surface area contributed by atoms with Gasteiger partial charge in [-0.05, 0) is 30.3 Å². The molecule has 0 bridgehead atoms. The van der Waals surface area contributed by atoms with Gasteiger partial charge in [0.25, 0.3) is 0 Å². The van der Waals surface area contributed by atoms with Crippen LogP contribution in [0.15, 0.2) is 48.5 Å². The summed E-state index contributed by atoms with van der Waals surface area (Å²) in [7, 11) is 1.40. The number of halogens is 3. The normalized spacial score (nSPS) is 11.6. The monoisotopic (exact) mass is 404 g/mol. The molecule has 3 rings (SSSR count). The molecule has 3 aromatic rings. The van der Waals surface area contributed by atoms with Gasteiger partial charge in [0.15, 0.2) is 5.82 Å². The van der Waals surface area contributed by atoms with Gasteiger partial charge in [0.05, 0.1) is 18.4 Å². The van der Waals surface area contributed by atoms with E-state index in [1.807, 2.05) is 0 Å². The van der Waals surface area contributed by atoms with Crippen molar-refractivity contribution in [2.45, 2.75) is 20.0 Å². The molecule has 9 heteroatoms. The highest BCUT2D eigenvalue weighted by Crippen LogP contribution is 2.31. The number of nitrogens with one attached hydrogen (secondary N) is 1. The first-order valence-corrected chi connectivity index (χ1v) is 8.79. The summed E-state index contributed by atoms with van der Waals surface area (Å²) in [5.41, 5.74) is 0.814. The molecule has 29 heavy (non-hydrogen) atoms. The molecular weight excluding hydrogens is 385 g/mol. The van der Waals surface area contributed by atoms with E-state index in [2.05, 4.69) is 15.4 Å². The second-order valence-corrected chi connectivity index (χ2v) is 6.60. The topological polar surface area (TPSA) is 69.0 Å². The van der Waals surface area contributed by atoms with Crippen LogP contribution in [0, 0.1) is 5.92 Å². The Morgan fingerprint density at radius 3 is 2.41 bits per heavy atom. The molecule has 1 N–H and O–H groups in total. The quantitative estimate of drug-likeness (QED) is 0.677. The Kier molecular flexibility index (Phi) is 5.58. The number of hydrogen-bond acceptors (Lipinski definition) is 4. The van der Waals surface area contributed by atoms with Gasteiger partial charge in [-0.3, -0.25) is 4.79 Å². The van der Waals surface area contributed by atoms with Crippen LogP contribution in [-0.4, -0.2) is 27.8 Å². The Labute approximate surface area is 165 Å². The van der Waals surface area contributed by atoms with Crippen LogP contribution in [-0.2, 0) is 11.0 Å². The van der Waals surface area contributed by atoms with Crippen LogP contribution in [0.1, 0.15) is 19.4 Å². The van der Waals surface area contributed by atoms with Gasteiger partial charge < -0.3 is 10.1 Å². The summed E-state index contributed by atoms with van der Waals surface area (Å²) >= 11 is 0. The number of anilines is 1. The van der Waals surface area contributed by atoms with Crippen LogP contribution in [0.2, 0.25) is 0 Å². The SMILES string of the molecule is COc1nc(-c2ccc(C(F)(F)F)cc2)n(-c2cccc(NC(=O)C(C)C)c2)n1. The van der Waals surface area contributed by atoms with Crippen LogP contribution in [0.4, 0.5) is 18.9 Å². The van der Waals surface area contributed by atoms with E-state index in [0.717, 1.165) is 12.1 Å². The largest absolute Gasteiger partial charge is 0.466 e. The number of hydrogen-bond donors (Lipinski definition) is 1. The molecule has 0 spiro atoms. The molecule has 1 aromatic heterocycles. The summed E-state index contributed by atoms with van der Waals surface area (Å²) in [5, 5.41) is 7.05. The Hall–Kier alpha value is -3.36. The number of benzene rings is 2. The van der Waals surface area contributed by atoms with Gasteiger partial charge in [0.1, 0.15) is 0 Å². The van der Waals surface area contributed by atoms with Gasteiger partial charge in [-0.1, -0.05) is 32.0 Å². The lowest BCUT2D eigenvalue weighted by Crippen LogP contribution is -2.17. The number of amides is 1. The lowest BCUT2D eigenvalue weighted by atomic mass is 10.1. The third-order valence-corrected chi connectivity index (χ3v) is 4.12. The number of carbonyl (C=O) groups excluding carboxylic acids is 1. The van der Waals surface area contributed by atoms with Crippen LogP contribution >= 0.6 is 0 Å². The zero-order valence-corrected chi connectivity index (χ0v) is 16.0. The molecule has 6 nitrogen and oxygen atoms in total. The average Bonchev–Trinajstić information content (AvgIpc) is 3.12. The summed E-state index contributed by atoms with van der Waals surface area (Å²) < 4.78 is 45.1. The number of methoxy groups -OCH3 is 1. The van der Waals surface area contributed by atoms with Gasteiger partial charge in [-0.2, -0.15) is 18.2 Å². The van der Waals surface area contributed by atoms with E-state index >= 15 is 0 Å². The Morgan fingerprint density at radius 1 is 1.14 bits per heavy atom. The highest BCUT2D eigenvalue weighted by Gasteiger charge is 2.30. The second kappa shape index (κ2) is 7.94. The minimum Gasteiger partial charge on any atom is -0.466 e. The van der Waals surface area contributed by atoms with Crippen LogP contribution in [0.5, 0.6) is 6.01 Å². The number of nitrogens with zero attached hydrogens (tertiary/aromatic N) is 3. The van der Waals surface area contributed by atoms with Crippen molar-refractivity contribution in [2.75, 3.05) is 12.4 Å². The van der Waals surface area contributed by atoms with Crippen LogP contribution < -0.4 is 10.1 Å². The molecule has 2 aromatic carbocycles. The van der Waals surface area contributed by atoms with Crippen molar-refractivity contribution in [1.82, 2.24) is 14.8 Å². The van der Waals surface area contributed by atoms with Crippen molar-refractivity contribution in [3.8, 4) is 23.1 Å². The molecule has 0 saturated carbocycles. The molecule has 0 saturated heterocycles. The van der Waals surface area contributed by atoms with Crippen molar-refractivity contribution in [2.24, 2.45) is 5.92 Å². The predicted octanol–water partition coefficient (Wildman–Crippen LogP) is 4.56. The standard InChI is InChI=1S/C20H19F3N4O2/c1-12(2)18(28)24-15-5-4-6-16(11-15)27-17(25-19(26-27)29-3)13-7-9-14(10-8-13)20(21,22)23/h4-12H,1-3H3,(H,24,28). The van der Waals surface area contributed by atoms with E-state index in [1.165, 1.54) is 23.9 Å². The van der Waals surface area contributed by atoms with Crippen molar-refractivity contribution in [1.29, 1.82) is 0 Å². The number of alkyl halides is 3. The van der Waals surface area contributed by atoms with Gasteiger partial charge in [-0.15, -0.1) is 5.10 Å². The van der Waals surface area contributed by atoms with E-state index < -0.39 is 11.7 Å². The van der Waals surface area contributed by atoms with Crippen molar-refractivity contribution >= 4 is 11.6 Å².